The van der Waals surface area contributed by atoms with E-state index in [0.29, 0.717) is 19.8 Å². The number of hydrazone groups is 1. The van der Waals surface area contributed by atoms with Gasteiger partial charge in [0.05, 0.1) is 26.0 Å². The average molecular weight is 330 g/mol. The Hall–Kier alpha value is -1.92. The van der Waals surface area contributed by atoms with Crippen molar-refractivity contribution in [1.82, 2.24) is 10.3 Å². The Kier molecular flexibility index (Phi) is 5.82. The smallest absolute Gasteiger partial charge is 0.254 e. The van der Waals surface area contributed by atoms with Gasteiger partial charge in [-0.25, -0.2) is 5.43 Å². The molecule has 2 heterocycles. The Morgan fingerprint density at radius 3 is 2.71 bits per heavy atom. The van der Waals surface area contributed by atoms with E-state index >= 15 is 0 Å². The van der Waals surface area contributed by atoms with Gasteiger partial charge in [-0.15, -0.1) is 0 Å². The first-order chi connectivity index (χ1) is 11.7. The average Bonchev–Trinajstić information content (AvgIpc) is 3.12. The van der Waals surface area contributed by atoms with Gasteiger partial charge >= 0.3 is 0 Å². The van der Waals surface area contributed by atoms with Crippen LogP contribution < -0.4 is 10.3 Å². The van der Waals surface area contributed by atoms with Crippen LogP contribution in [-0.4, -0.2) is 63.0 Å². The van der Waals surface area contributed by atoms with Crippen LogP contribution in [0.5, 0.6) is 0 Å². The summed E-state index contributed by atoms with van der Waals surface area (Å²) < 4.78 is 5.27. The zero-order chi connectivity index (χ0) is 16.8. The number of morpholine rings is 1. The molecule has 0 unspecified atom stereocenters. The van der Waals surface area contributed by atoms with Gasteiger partial charge in [-0.2, -0.15) is 5.10 Å². The molecule has 2 aliphatic heterocycles. The molecule has 1 aromatic carbocycles. The van der Waals surface area contributed by atoms with E-state index in [9.17, 15) is 4.79 Å². The minimum atomic E-state index is -0.0838. The summed E-state index contributed by atoms with van der Waals surface area (Å²) in [6, 6.07) is 6.40. The van der Waals surface area contributed by atoms with Crippen LogP contribution in [-0.2, 0) is 9.53 Å². The number of ether oxygens (including phenoxy) is 1. The monoisotopic (exact) mass is 330 g/mol. The maximum atomic E-state index is 11.9. The minimum Gasteiger partial charge on any atom is -0.379 e. The third-order valence-electron chi connectivity index (χ3n) is 4.59. The highest BCUT2D eigenvalue weighted by molar-refractivity contribution is 5.85. The maximum Gasteiger partial charge on any atom is 0.254 e. The molecule has 0 bridgehead atoms. The predicted molar refractivity (Wildman–Crippen MR) is 95.6 cm³/mol. The zero-order valence-electron chi connectivity index (χ0n) is 14.3. The number of amides is 1. The van der Waals surface area contributed by atoms with Crippen LogP contribution in [0, 0.1) is 6.92 Å². The van der Waals surface area contributed by atoms with Crippen LogP contribution in [0.3, 0.4) is 0 Å². The van der Waals surface area contributed by atoms with Gasteiger partial charge in [0.1, 0.15) is 0 Å². The summed E-state index contributed by atoms with van der Waals surface area (Å²) >= 11 is 0. The van der Waals surface area contributed by atoms with E-state index in [4.69, 9.17) is 4.74 Å². The molecule has 3 rings (SSSR count). The number of carbonyl (C=O) groups is 1. The number of nitrogens with zero attached hydrogens (tertiary/aromatic N) is 3. The van der Waals surface area contributed by atoms with Crippen LogP contribution >= 0.6 is 0 Å². The van der Waals surface area contributed by atoms with Gasteiger partial charge in [0.2, 0.25) is 0 Å². The second kappa shape index (κ2) is 8.26. The molecule has 2 aliphatic rings. The first kappa shape index (κ1) is 16.9. The minimum absolute atomic E-state index is 0.0838. The van der Waals surface area contributed by atoms with Gasteiger partial charge in [-0.1, -0.05) is 6.07 Å². The standard InChI is InChI=1S/C18H26N4O2/c1-15-12-17(22-6-2-3-7-22)5-4-16(15)13-19-20-18(23)14-21-8-10-24-11-9-21/h4-5,12-13H,2-3,6-11,14H2,1H3,(H,20,23). The zero-order valence-corrected chi connectivity index (χ0v) is 14.3. The van der Waals surface area contributed by atoms with E-state index in [1.54, 1.807) is 6.21 Å². The summed E-state index contributed by atoms with van der Waals surface area (Å²) in [6.07, 6.45) is 4.27. The number of anilines is 1. The van der Waals surface area contributed by atoms with Gasteiger partial charge in [0.25, 0.3) is 5.91 Å². The molecule has 0 saturated carbocycles. The summed E-state index contributed by atoms with van der Waals surface area (Å²) in [5, 5.41) is 4.10. The van der Waals surface area contributed by atoms with E-state index < -0.39 is 0 Å². The SMILES string of the molecule is Cc1cc(N2CCCC2)ccc1C=NNC(=O)CN1CCOCC1. The third-order valence-corrected chi connectivity index (χ3v) is 4.59. The largest absolute Gasteiger partial charge is 0.379 e. The number of carbonyl (C=O) groups excluding carboxylic acids is 1. The number of hydrogen-bond acceptors (Lipinski definition) is 5. The van der Waals surface area contributed by atoms with Crippen LogP contribution in [0.2, 0.25) is 0 Å². The normalized spacial score (nSPS) is 19.1. The Morgan fingerprint density at radius 1 is 1.25 bits per heavy atom. The number of benzene rings is 1. The van der Waals surface area contributed by atoms with Crippen LogP contribution in [0.1, 0.15) is 24.0 Å². The fourth-order valence-electron chi connectivity index (χ4n) is 3.15. The second-order valence-corrected chi connectivity index (χ2v) is 6.42. The van der Waals surface area contributed by atoms with Crippen molar-refractivity contribution in [3.05, 3.63) is 29.3 Å². The van der Waals surface area contributed by atoms with Crippen molar-refractivity contribution in [2.45, 2.75) is 19.8 Å². The molecule has 6 nitrogen and oxygen atoms in total. The van der Waals surface area contributed by atoms with E-state index in [1.165, 1.54) is 24.1 Å². The number of hydrogen-bond donors (Lipinski definition) is 1. The highest BCUT2D eigenvalue weighted by atomic mass is 16.5. The molecule has 6 heteroatoms. The molecule has 2 saturated heterocycles. The van der Waals surface area contributed by atoms with Crippen molar-refractivity contribution in [3.63, 3.8) is 0 Å². The summed E-state index contributed by atoms with van der Waals surface area (Å²) in [5.74, 6) is -0.0838. The topological polar surface area (TPSA) is 57.2 Å². The number of aryl methyl sites for hydroxylation is 1. The summed E-state index contributed by atoms with van der Waals surface area (Å²) in [5.41, 5.74) is 6.09. The molecule has 2 fully saturated rings. The first-order valence-corrected chi connectivity index (χ1v) is 8.70. The Balaban J connectivity index is 1.51. The summed E-state index contributed by atoms with van der Waals surface area (Å²) in [4.78, 5) is 16.4. The number of rotatable bonds is 5. The first-order valence-electron chi connectivity index (χ1n) is 8.70. The van der Waals surface area contributed by atoms with Gasteiger partial charge < -0.3 is 9.64 Å². The molecule has 0 spiro atoms. The third kappa shape index (κ3) is 4.55. The van der Waals surface area contributed by atoms with Crippen molar-refractivity contribution in [2.24, 2.45) is 5.10 Å². The lowest BCUT2D eigenvalue weighted by Gasteiger charge is -2.25. The molecular weight excluding hydrogens is 304 g/mol. The summed E-state index contributed by atoms with van der Waals surface area (Å²) in [6.45, 7) is 7.72. The van der Waals surface area contributed by atoms with Crippen molar-refractivity contribution >= 4 is 17.8 Å². The molecule has 0 atom stereocenters. The predicted octanol–water partition coefficient (Wildman–Crippen LogP) is 1.38. The number of nitrogens with one attached hydrogen (secondary N) is 1. The van der Waals surface area contributed by atoms with Crippen LogP contribution in [0.4, 0.5) is 5.69 Å². The molecule has 0 radical (unpaired) electrons. The van der Waals surface area contributed by atoms with Crippen molar-refractivity contribution < 1.29 is 9.53 Å². The Labute approximate surface area is 143 Å². The van der Waals surface area contributed by atoms with E-state index in [2.05, 4.69) is 45.4 Å². The second-order valence-electron chi connectivity index (χ2n) is 6.42. The molecule has 1 N–H and O–H groups in total. The van der Waals surface area contributed by atoms with Crippen molar-refractivity contribution in [3.8, 4) is 0 Å². The highest BCUT2D eigenvalue weighted by Crippen LogP contribution is 2.22. The highest BCUT2D eigenvalue weighted by Gasteiger charge is 2.14. The van der Waals surface area contributed by atoms with Crippen LogP contribution in [0.15, 0.2) is 23.3 Å². The Morgan fingerprint density at radius 2 is 2.00 bits per heavy atom. The molecule has 0 aliphatic carbocycles. The molecule has 1 amide bonds. The Bertz CT molecular complexity index is 591. The summed E-state index contributed by atoms with van der Waals surface area (Å²) in [7, 11) is 0. The van der Waals surface area contributed by atoms with Gasteiger partial charge in [0.15, 0.2) is 0 Å². The molecule has 1 aromatic rings. The lowest BCUT2D eigenvalue weighted by Crippen LogP contribution is -2.42. The van der Waals surface area contributed by atoms with Gasteiger partial charge in [0, 0.05) is 31.9 Å². The van der Waals surface area contributed by atoms with Crippen molar-refractivity contribution in [2.75, 3.05) is 50.8 Å². The lowest BCUT2D eigenvalue weighted by molar-refractivity contribution is -0.123. The molecule has 130 valence electrons. The van der Waals surface area contributed by atoms with E-state index in [1.807, 2.05) is 0 Å². The van der Waals surface area contributed by atoms with E-state index in [0.717, 1.165) is 31.7 Å². The molecule has 0 aromatic heterocycles. The van der Waals surface area contributed by atoms with Crippen molar-refractivity contribution in [1.29, 1.82) is 0 Å². The maximum absolute atomic E-state index is 11.9. The van der Waals surface area contributed by atoms with Gasteiger partial charge in [-0.3, -0.25) is 9.69 Å². The van der Waals surface area contributed by atoms with Crippen LogP contribution in [0.25, 0.3) is 0 Å². The van der Waals surface area contributed by atoms with Gasteiger partial charge in [-0.05, 0) is 43.0 Å². The molecular formula is C18H26N4O2. The molecule has 24 heavy (non-hydrogen) atoms. The quantitative estimate of drug-likeness (QED) is 0.654. The fourth-order valence-corrected chi connectivity index (χ4v) is 3.15. The fraction of sp³-hybridized carbons (Fsp3) is 0.556. The van der Waals surface area contributed by atoms with E-state index in [-0.39, 0.29) is 5.91 Å². The lowest BCUT2D eigenvalue weighted by atomic mass is 10.1.